The van der Waals surface area contributed by atoms with Gasteiger partial charge in [0.25, 0.3) is 0 Å². The zero-order valence-electron chi connectivity index (χ0n) is 14.6. The fourth-order valence-corrected chi connectivity index (χ4v) is 4.02. The topological polar surface area (TPSA) is 46.2 Å². The van der Waals surface area contributed by atoms with E-state index in [2.05, 4.69) is 15.1 Å². The third-order valence-electron chi connectivity index (χ3n) is 5.40. The fourth-order valence-electron chi connectivity index (χ4n) is 4.02. The number of ether oxygens (including phenoxy) is 3. The number of nitrogens with one attached hydrogen (secondary N) is 1. The first-order valence-electron chi connectivity index (χ1n) is 9.16. The zero-order chi connectivity index (χ0) is 16.0. The van der Waals surface area contributed by atoms with E-state index in [1.165, 1.54) is 32.5 Å². The molecule has 3 rings (SSSR count). The number of methoxy groups -OCH3 is 1. The van der Waals surface area contributed by atoms with Gasteiger partial charge in [0.05, 0.1) is 26.4 Å². The summed E-state index contributed by atoms with van der Waals surface area (Å²) in [6.07, 6.45) is 2.62. The van der Waals surface area contributed by atoms with Gasteiger partial charge in [-0.2, -0.15) is 0 Å². The van der Waals surface area contributed by atoms with Gasteiger partial charge in [0.15, 0.2) is 0 Å². The number of piperidine rings is 1. The van der Waals surface area contributed by atoms with Crippen LogP contribution < -0.4 is 5.32 Å². The maximum atomic E-state index is 6.12. The van der Waals surface area contributed by atoms with Crippen LogP contribution in [0.15, 0.2) is 0 Å². The number of nitrogens with zero attached hydrogens (tertiary/aromatic N) is 2. The highest BCUT2D eigenvalue weighted by atomic mass is 16.5. The van der Waals surface area contributed by atoms with E-state index in [1.54, 1.807) is 7.11 Å². The van der Waals surface area contributed by atoms with Crippen molar-refractivity contribution < 1.29 is 14.2 Å². The lowest BCUT2D eigenvalue weighted by molar-refractivity contribution is -0.136. The summed E-state index contributed by atoms with van der Waals surface area (Å²) in [6.45, 7) is 11.8. The Bertz CT molecular complexity index is 340. The summed E-state index contributed by atoms with van der Waals surface area (Å²) in [4.78, 5) is 5.14. The van der Waals surface area contributed by atoms with E-state index in [4.69, 9.17) is 14.2 Å². The van der Waals surface area contributed by atoms with Crippen LogP contribution in [0.3, 0.4) is 0 Å². The predicted octanol–water partition coefficient (Wildman–Crippen LogP) is 0.0356. The molecular weight excluding hydrogens is 294 g/mol. The molecule has 0 saturated carbocycles. The summed E-state index contributed by atoms with van der Waals surface area (Å²) in [5.41, 5.74) is -0.131. The number of likely N-dealkylation sites (tertiary alicyclic amines) is 1. The lowest BCUT2D eigenvalue weighted by Gasteiger charge is -2.43. The van der Waals surface area contributed by atoms with E-state index in [-0.39, 0.29) is 5.60 Å². The molecule has 3 aliphatic rings. The highest BCUT2D eigenvalue weighted by molar-refractivity contribution is 4.92. The monoisotopic (exact) mass is 327 g/mol. The second kappa shape index (κ2) is 8.74. The average molecular weight is 327 g/mol. The first-order chi connectivity index (χ1) is 11.3. The van der Waals surface area contributed by atoms with Crippen molar-refractivity contribution in [3.63, 3.8) is 0 Å². The van der Waals surface area contributed by atoms with Crippen molar-refractivity contribution in [3.8, 4) is 0 Å². The smallest absolute Gasteiger partial charge is 0.116 e. The number of hydrogen-bond donors (Lipinski definition) is 1. The summed E-state index contributed by atoms with van der Waals surface area (Å²) >= 11 is 0. The highest BCUT2D eigenvalue weighted by Gasteiger charge is 2.38. The largest absolute Gasteiger partial charge is 0.383 e. The van der Waals surface area contributed by atoms with Crippen LogP contribution in [0.4, 0.5) is 0 Å². The minimum Gasteiger partial charge on any atom is -0.383 e. The van der Waals surface area contributed by atoms with E-state index >= 15 is 0 Å². The highest BCUT2D eigenvalue weighted by Crippen LogP contribution is 2.23. The molecule has 3 aliphatic heterocycles. The summed E-state index contributed by atoms with van der Waals surface area (Å²) < 4.78 is 17.0. The van der Waals surface area contributed by atoms with E-state index in [0.29, 0.717) is 0 Å². The fraction of sp³-hybridized carbons (Fsp3) is 1.00. The first kappa shape index (κ1) is 17.6. The molecule has 0 aromatic carbocycles. The van der Waals surface area contributed by atoms with Crippen molar-refractivity contribution in [1.29, 1.82) is 0 Å². The van der Waals surface area contributed by atoms with Crippen LogP contribution in [0.2, 0.25) is 0 Å². The van der Waals surface area contributed by atoms with Crippen molar-refractivity contribution in [2.75, 3.05) is 85.9 Å². The quantitative estimate of drug-likeness (QED) is 0.769. The summed E-state index contributed by atoms with van der Waals surface area (Å²) in [5, 5.41) is 3.46. The van der Waals surface area contributed by atoms with E-state index in [1.807, 2.05) is 0 Å². The van der Waals surface area contributed by atoms with E-state index in [9.17, 15) is 0 Å². The summed E-state index contributed by atoms with van der Waals surface area (Å²) in [7, 11) is 1.78. The van der Waals surface area contributed by atoms with Crippen molar-refractivity contribution in [2.45, 2.75) is 18.4 Å². The van der Waals surface area contributed by atoms with Gasteiger partial charge in [-0.3, -0.25) is 4.90 Å². The predicted molar refractivity (Wildman–Crippen MR) is 89.9 cm³/mol. The van der Waals surface area contributed by atoms with E-state index in [0.717, 1.165) is 65.1 Å². The number of morpholine rings is 1. The van der Waals surface area contributed by atoms with E-state index < -0.39 is 0 Å². The average Bonchev–Trinajstić information content (AvgIpc) is 2.80. The molecule has 0 radical (unpaired) electrons. The Morgan fingerprint density at radius 1 is 1.17 bits per heavy atom. The Kier molecular flexibility index (Phi) is 6.68. The van der Waals surface area contributed by atoms with Gasteiger partial charge in [0, 0.05) is 46.4 Å². The van der Waals surface area contributed by atoms with Crippen LogP contribution >= 0.6 is 0 Å². The molecule has 134 valence electrons. The molecule has 1 N–H and O–H groups in total. The molecule has 6 heteroatoms. The van der Waals surface area contributed by atoms with Gasteiger partial charge >= 0.3 is 0 Å². The van der Waals surface area contributed by atoms with Gasteiger partial charge in [-0.1, -0.05) is 0 Å². The van der Waals surface area contributed by atoms with Crippen LogP contribution in [0.5, 0.6) is 0 Å². The molecule has 3 fully saturated rings. The SMILES string of the molecule is COCCN1CCC(CN2CCO[C@@]3(CNCCOC3)C2)CC1. The molecule has 1 atom stereocenters. The Morgan fingerprint density at radius 3 is 2.87 bits per heavy atom. The molecule has 6 nitrogen and oxygen atoms in total. The third kappa shape index (κ3) is 5.11. The standard InChI is InChI=1S/C17H33N3O3/c1-21-10-7-19-5-2-16(3-6-19)12-20-8-11-23-17(14-20)13-18-4-9-22-15-17/h16,18H,2-15H2,1H3/t17-/m0/s1. The number of hydrogen-bond acceptors (Lipinski definition) is 6. The minimum absolute atomic E-state index is 0.131. The van der Waals surface area contributed by atoms with Gasteiger partial charge in [-0.25, -0.2) is 0 Å². The lowest BCUT2D eigenvalue weighted by Crippen LogP contribution is -2.59. The normalized spacial score (nSPS) is 32.2. The third-order valence-corrected chi connectivity index (χ3v) is 5.40. The van der Waals surface area contributed by atoms with Gasteiger partial charge in [-0.05, 0) is 31.8 Å². The first-order valence-corrected chi connectivity index (χ1v) is 9.16. The molecule has 0 aliphatic carbocycles. The second-order valence-electron chi connectivity index (χ2n) is 7.27. The van der Waals surface area contributed by atoms with Crippen LogP contribution in [0, 0.1) is 5.92 Å². The molecule has 3 saturated heterocycles. The molecule has 0 aromatic heterocycles. The van der Waals surface area contributed by atoms with Gasteiger partial charge < -0.3 is 24.4 Å². The van der Waals surface area contributed by atoms with Crippen LogP contribution in [-0.2, 0) is 14.2 Å². The molecule has 0 bridgehead atoms. The van der Waals surface area contributed by atoms with Crippen molar-refractivity contribution in [3.05, 3.63) is 0 Å². The van der Waals surface area contributed by atoms with Gasteiger partial charge in [-0.15, -0.1) is 0 Å². The molecular formula is C17H33N3O3. The molecule has 0 amide bonds. The van der Waals surface area contributed by atoms with Crippen LogP contribution in [0.1, 0.15) is 12.8 Å². The van der Waals surface area contributed by atoms with Gasteiger partial charge in [0.1, 0.15) is 5.60 Å². The Labute approximate surface area is 140 Å². The van der Waals surface area contributed by atoms with Crippen LogP contribution in [0.25, 0.3) is 0 Å². The summed E-state index contributed by atoms with van der Waals surface area (Å²) in [5.74, 6) is 0.823. The van der Waals surface area contributed by atoms with Crippen molar-refractivity contribution in [2.24, 2.45) is 5.92 Å². The Hall–Kier alpha value is -0.240. The lowest BCUT2D eigenvalue weighted by atomic mass is 9.94. The van der Waals surface area contributed by atoms with Crippen molar-refractivity contribution in [1.82, 2.24) is 15.1 Å². The Balaban J connectivity index is 1.43. The molecule has 23 heavy (non-hydrogen) atoms. The maximum Gasteiger partial charge on any atom is 0.116 e. The molecule has 0 unspecified atom stereocenters. The minimum atomic E-state index is -0.131. The zero-order valence-corrected chi connectivity index (χ0v) is 14.6. The Morgan fingerprint density at radius 2 is 2.04 bits per heavy atom. The molecule has 0 aromatic rings. The maximum absolute atomic E-state index is 6.12. The number of rotatable bonds is 5. The molecule has 3 heterocycles. The summed E-state index contributed by atoms with van der Waals surface area (Å²) in [6, 6.07) is 0. The van der Waals surface area contributed by atoms with Gasteiger partial charge in [0.2, 0.25) is 0 Å². The van der Waals surface area contributed by atoms with Crippen LogP contribution in [-0.4, -0.2) is 101 Å². The second-order valence-corrected chi connectivity index (χ2v) is 7.27. The van der Waals surface area contributed by atoms with Crippen molar-refractivity contribution >= 4 is 0 Å². The molecule has 1 spiro atoms.